The molecule has 0 bridgehead atoms. The second-order valence-electron chi connectivity index (χ2n) is 5.65. The highest BCUT2D eigenvalue weighted by atomic mass is 32.1. The smallest absolute Gasteiger partial charge is 0.348 e. The summed E-state index contributed by atoms with van der Waals surface area (Å²) in [5.41, 5.74) is 2.56. The molecule has 0 fully saturated rings. The van der Waals surface area contributed by atoms with Crippen molar-refractivity contribution in [1.82, 2.24) is 9.97 Å². The molecule has 0 saturated heterocycles. The number of aromatic amines is 1. The fourth-order valence-electron chi connectivity index (χ4n) is 2.48. The fourth-order valence-corrected chi connectivity index (χ4v) is 3.57. The summed E-state index contributed by atoms with van der Waals surface area (Å²) in [6, 6.07) is 8.04. The minimum absolute atomic E-state index is 0.252. The van der Waals surface area contributed by atoms with Crippen LogP contribution in [0.15, 0.2) is 29.1 Å². The summed E-state index contributed by atoms with van der Waals surface area (Å²) in [7, 11) is 0. The maximum Gasteiger partial charge on any atom is 0.348 e. The van der Waals surface area contributed by atoms with E-state index in [-0.39, 0.29) is 5.56 Å². The van der Waals surface area contributed by atoms with Crippen LogP contribution in [0.3, 0.4) is 0 Å². The number of hydrogen-bond donors (Lipinski definition) is 1. The van der Waals surface area contributed by atoms with Gasteiger partial charge in [0.25, 0.3) is 5.56 Å². The van der Waals surface area contributed by atoms with Crippen LogP contribution in [0.2, 0.25) is 0 Å². The van der Waals surface area contributed by atoms with E-state index in [1.165, 1.54) is 16.9 Å². The molecule has 0 aliphatic carbocycles. The summed E-state index contributed by atoms with van der Waals surface area (Å²) in [5, 5.41) is 0.445. The third-order valence-corrected chi connectivity index (χ3v) is 4.96. The maximum atomic E-state index is 12.4. The Morgan fingerprint density at radius 3 is 2.64 bits per heavy atom. The van der Waals surface area contributed by atoms with Crippen LogP contribution in [-0.4, -0.2) is 22.5 Å². The number of ether oxygens (including phenoxy) is 1. The van der Waals surface area contributed by atoms with Crippen molar-refractivity contribution in [3.63, 3.8) is 0 Å². The normalized spacial score (nSPS) is 11.3. The molecule has 25 heavy (non-hydrogen) atoms. The zero-order valence-corrected chi connectivity index (χ0v) is 15.1. The Bertz CT molecular complexity index is 1010. The Balaban J connectivity index is 2.00. The average Bonchev–Trinajstić information content (AvgIpc) is 2.92. The Morgan fingerprint density at radius 2 is 1.96 bits per heavy atom. The van der Waals surface area contributed by atoms with E-state index < -0.39 is 5.97 Å². The van der Waals surface area contributed by atoms with E-state index >= 15 is 0 Å². The first-order valence-electron chi connectivity index (χ1n) is 7.95. The van der Waals surface area contributed by atoms with E-state index in [9.17, 15) is 9.59 Å². The molecule has 2 heterocycles. The average molecular weight is 354 g/mol. The van der Waals surface area contributed by atoms with E-state index in [1.807, 2.05) is 37.3 Å². The summed E-state index contributed by atoms with van der Waals surface area (Å²) in [5.74, 6) is 0.0360. The molecule has 2 aromatic heterocycles. The largest absolute Gasteiger partial charge is 0.462 e. The van der Waals surface area contributed by atoms with Gasteiger partial charge < -0.3 is 9.72 Å². The standard InChI is InChI=1S/C19H18N2O3S/c1-4-24-19(23)16-12(3)15-17(22)20-14(21-18(15)25-16)10-9-13-7-5-11(2)6-8-13/h5-10H,4H2,1-3H3,(H,20,21,22)/b10-9+. The number of carbonyl (C=O) groups excluding carboxylic acids is 1. The van der Waals surface area contributed by atoms with Crippen LogP contribution in [0.5, 0.6) is 0 Å². The van der Waals surface area contributed by atoms with Crippen LogP contribution < -0.4 is 5.56 Å². The zero-order valence-electron chi connectivity index (χ0n) is 14.3. The van der Waals surface area contributed by atoms with E-state index in [0.717, 1.165) is 5.56 Å². The first kappa shape index (κ1) is 17.1. The number of hydrogen-bond acceptors (Lipinski definition) is 5. The lowest BCUT2D eigenvalue weighted by Gasteiger charge is -1.98. The first-order valence-corrected chi connectivity index (χ1v) is 8.76. The Morgan fingerprint density at radius 1 is 1.24 bits per heavy atom. The number of aromatic nitrogens is 2. The van der Waals surface area contributed by atoms with Crippen LogP contribution >= 0.6 is 11.3 Å². The summed E-state index contributed by atoms with van der Waals surface area (Å²) < 4.78 is 5.04. The van der Waals surface area contributed by atoms with Crippen molar-refractivity contribution in [3.05, 3.63) is 62.0 Å². The molecule has 5 nitrogen and oxygen atoms in total. The van der Waals surface area contributed by atoms with E-state index in [2.05, 4.69) is 9.97 Å². The van der Waals surface area contributed by atoms with Crippen molar-refractivity contribution in [2.45, 2.75) is 20.8 Å². The Kier molecular flexibility index (Phi) is 4.81. The molecule has 0 radical (unpaired) electrons. The number of H-pyrrole nitrogens is 1. The molecule has 0 atom stereocenters. The minimum atomic E-state index is -0.417. The van der Waals surface area contributed by atoms with Crippen molar-refractivity contribution in [2.24, 2.45) is 0 Å². The highest BCUT2D eigenvalue weighted by molar-refractivity contribution is 7.20. The number of carbonyl (C=O) groups is 1. The molecule has 3 rings (SSSR count). The van der Waals surface area contributed by atoms with E-state index in [1.54, 1.807) is 19.9 Å². The Labute approximate surface area is 149 Å². The summed E-state index contributed by atoms with van der Waals surface area (Å²) >= 11 is 1.18. The molecular formula is C19H18N2O3S. The lowest BCUT2D eigenvalue weighted by Crippen LogP contribution is -2.10. The highest BCUT2D eigenvalue weighted by Crippen LogP contribution is 2.27. The van der Waals surface area contributed by atoms with Crippen molar-refractivity contribution in [3.8, 4) is 0 Å². The lowest BCUT2D eigenvalue weighted by atomic mass is 10.1. The number of esters is 1. The molecule has 0 amide bonds. The van der Waals surface area contributed by atoms with E-state index in [0.29, 0.717) is 33.1 Å². The van der Waals surface area contributed by atoms with Gasteiger partial charge in [-0.2, -0.15) is 0 Å². The van der Waals surface area contributed by atoms with Gasteiger partial charge in [0.05, 0.1) is 12.0 Å². The van der Waals surface area contributed by atoms with Gasteiger partial charge in [0.15, 0.2) is 0 Å². The van der Waals surface area contributed by atoms with Gasteiger partial charge in [0.2, 0.25) is 0 Å². The van der Waals surface area contributed by atoms with Crippen molar-refractivity contribution >= 4 is 39.7 Å². The molecule has 128 valence electrons. The van der Waals surface area contributed by atoms with Crippen LogP contribution in [0, 0.1) is 13.8 Å². The van der Waals surface area contributed by atoms with Gasteiger partial charge in [0.1, 0.15) is 15.5 Å². The number of benzene rings is 1. The van der Waals surface area contributed by atoms with Gasteiger partial charge in [-0.1, -0.05) is 35.9 Å². The van der Waals surface area contributed by atoms with Crippen LogP contribution in [0.25, 0.3) is 22.4 Å². The number of nitrogens with one attached hydrogen (secondary N) is 1. The molecule has 3 aromatic rings. The highest BCUT2D eigenvalue weighted by Gasteiger charge is 2.19. The van der Waals surface area contributed by atoms with Crippen LogP contribution in [0.4, 0.5) is 0 Å². The fraction of sp³-hybridized carbons (Fsp3) is 0.211. The molecular weight excluding hydrogens is 336 g/mol. The van der Waals surface area contributed by atoms with Gasteiger partial charge in [0, 0.05) is 0 Å². The third-order valence-electron chi connectivity index (χ3n) is 3.79. The van der Waals surface area contributed by atoms with E-state index in [4.69, 9.17) is 4.74 Å². The molecule has 0 saturated carbocycles. The number of rotatable bonds is 4. The molecule has 0 aliphatic heterocycles. The topological polar surface area (TPSA) is 72.0 Å². The minimum Gasteiger partial charge on any atom is -0.462 e. The monoisotopic (exact) mass is 354 g/mol. The SMILES string of the molecule is CCOC(=O)c1sc2nc(/C=C/c3ccc(C)cc3)[nH]c(=O)c2c1C. The quantitative estimate of drug-likeness (QED) is 0.720. The molecule has 0 spiro atoms. The van der Waals surface area contributed by atoms with Crippen molar-refractivity contribution in [2.75, 3.05) is 6.61 Å². The van der Waals surface area contributed by atoms with Gasteiger partial charge in [-0.25, -0.2) is 9.78 Å². The lowest BCUT2D eigenvalue weighted by molar-refractivity contribution is 0.0531. The Hall–Kier alpha value is -2.73. The number of thiophene rings is 1. The summed E-state index contributed by atoms with van der Waals surface area (Å²) in [4.78, 5) is 32.6. The van der Waals surface area contributed by atoms with Gasteiger partial charge in [-0.3, -0.25) is 4.79 Å². The predicted molar refractivity (Wildman–Crippen MR) is 101 cm³/mol. The summed E-state index contributed by atoms with van der Waals surface area (Å²) in [6.45, 7) is 5.81. The van der Waals surface area contributed by atoms with Crippen molar-refractivity contribution in [1.29, 1.82) is 0 Å². The molecule has 1 N–H and O–H groups in total. The summed E-state index contributed by atoms with van der Waals surface area (Å²) in [6.07, 6.45) is 3.64. The predicted octanol–water partition coefficient (Wildman–Crippen LogP) is 3.95. The van der Waals surface area contributed by atoms with Crippen LogP contribution in [0.1, 0.15) is 39.1 Å². The number of fused-ring (bicyclic) bond motifs is 1. The maximum absolute atomic E-state index is 12.4. The molecule has 1 aromatic carbocycles. The van der Waals surface area contributed by atoms with Gasteiger partial charge >= 0.3 is 5.97 Å². The van der Waals surface area contributed by atoms with Gasteiger partial charge in [-0.15, -0.1) is 11.3 Å². The van der Waals surface area contributed by atoms with Crippen molar-refractivity contribution < 1.29 is 9.53 Å². The van der Waals surface area contributed by atoms with Crippen LogP contribution in [-0.2, 0) is 4.74 Å². The second-order valence-corrected chi connectivity index (χ2v) is 6.65. The zero-order chi connectivity index (χ0) is 18.0. The molecule has 0 unspecified atom stereocenters. The van der Waals surface area contributed by atoms with Gasteiger partial charge in [-0.05, 0) is 38.0 Å². The number of nitrogens with zero attached hydrogens (tertiary/aromatic N) is 1. The first-order chi connectivity index (χ1) is 12.0. The second kappa shape index (κ2) is 7.03. The molecule has 6 heteroatoms. The molecule has 0 aliphatic rings. The number of aryl methyl sites for hydroxylation is 2. The third kappa shape index (κ3) is 3.53.